The molecule has 0 atom stereocenters. The Balaban J connectivity index is 1.50. The first-order chi connectivity index (χ1) is 17.9. The van der Waals surface area contributed by atoms with Crippen molar-refractivity contribution in [2.45, 2.75) is 13.5 Å². The van der Waals surface area contributed by atoms with Crippen LogP contribution in [0.25, 0.3) is 6.08 Å². The number of nitrogens with zero attached hydrogens (tertiary/aromatic N) is 1. The van der Waals surface area contributed by atoms with E-state index >= 15 is 0 Å². The normalized spacial score (nSPS) is 14.4. The molecule has 0 spiro atoms. The molecule has 3 aromatic carbocycles. The topological polar surface area (TPSA) is 94.2 Å². The van der Waals surface area contributed by atoms with E-state index in [4.69, 9.17) is 26.4 Å². The molecule has 0 unspecified atom stereocenters. The SMILES string of the molecule is CCOc1ccc(N2C(=O)C(=Cc3cccc(OCc4ccc(C(=O)OC)cc4)c3)C(=O)NC2=S)cc1. The van der Waals surface area contributed by atoms with E-state index in [9.17, 15) is 14.4 Å². The maximum absolute atomic E-state index is 13.3. The zero-order valence-electron chi connectivity index (χ0n) is 20.2. The van der Waals surface area contributed by atoms with Gasteiger partial charge in [0.25, 0.3) is 11.8 Å². The zero-order chi connectivity index (χ0) is 26.4. The molecule has 9 heteroatoms. The zero-order valence-corrected chi connectivity index (χ0v) is 21.0. The van der Waals surface area contributed by atoms with Crippen molar-refractivity contribution in [2.75, 3.05) is 18.6 Å². The van der Waals surface area contributed by atoms with Gasteiger partial charge in [-0.15, -0.1) is 0 Å². The lowest BCUT2D eigenvalue weighted by atomic mass is 10.1. The predicted molar refractivity (Wildman–Crippen MR) is 142 cm³/mol. The van der Waals surface area contributed by atoms with E-state index in [1.807, 2.05) is 6.92 Å². The van der Waals surface area contributed by atoms with Crippen molar-refractivity contribution in [2.24, 2.45) is 0 Å². The number of hydrogen-bond acceptors (Lipinski definition) is 7. The first kappa shape index (κ1) is 25.6. The number of methoxy groups -OCH3 is 1. The lowest BCUT2D eigenvalue weighted by Gasteiger charge is -2.29. The van der Waals surface area contributed by atoms with Gasteiger partial charge in [-0.05, 0) is 84.9 Å². The largest absolute Gasteiger partial charge is 0.494 e. The minimum atomic E-state index is -0.575. The standard InChI is InChI=1S/C28H24N2O6S/c1-3-35-22-13-11-21(12-14-22)30-26(32)24(25(31)29-28(30)37)16-19-5-4-6-23(15-19)36-17-18-7-9-20(10-8-18)27(33)34-2/h4-16H,3,17H2,1-2H3,(H,29,31,37). The van der Waals surface area contributed by atoms with Crippen LogP contribution in [0.15, 0.2) is 78.4 Å². The van der Waals surface area contributed by atoms with Gasteiger partial charge < -0.3 is 14.2 Å². The Labute approximate surface area is 219 Å². The van der Waals surface area contributed by atoms with Gasteiger partial charge >= 0.3 is 5.97 Å². The fraction of sp³-hybridized carbons (Fsp3) is 0.143. The second-order valence-electron chi connectivity index (χ2n) is 7.93. The summed E-state index contributed by atoms with van der Waals surface area (Å²) in [6, 6.07) is 20.8. The van der Waals surface area contributed by atoms with Crippen LogP contribution >= 0.6 is 12.2 Å². The van der Waals surface area contributed by atoms with Crippen molar-refractivity contribution >= 4 is 46.9 Å². The molecule has 4 rings (SSSR count). The molecule has 3 aromatic rings. The molecule has 1 saturated heterocycles. The molecule has 0 aliphatic carbocycles. The summed E-state index contributed by atoms with van der Waals surface area (Å²) in [5, 5.41) is 2.59. The summed E-state index contributed by atoms with van der Waals surface area (Å²) >= 11 is 5.26. The summed E-state index contributed by atoms with van der Waals surface area (Å²) in [6.45, 7) is 2.67. The minimum Gasteiger partial charge on any atom is -0.494 e. The molecule has 0 saturated carbocycles. The fourth-order valence-electron chi connectivity index (χ4n) is 3.63. The number of hydrogen-bond donors (Lipinski definition) is 1. The summed E-state index contributed by atoms with van der Waals surface area (Å²) in [5.41, 5.74) is 2.38. The quantitative estimate of drug-likeness (QED) is 0.207. The van der Waals surface area contributed by atoms with Crippen molar-refractivity contribution in [3.8, 4) is 11.5 Å². The Kier molecular flexibility index (Phi) is 7.95. The number of amides is 2. The van der Waals surface area contributed by atoms with Crippen LogP contribution in [-0.4, -0.2) is 36.6 Å². The van der Waals surface area contributed by atoms with Gasteiger partial charge in [0.2, 0.25) is 0 Å². The second kappa shape index (κ2) is 11.5. The number of benzene rings is 3. The molecule has 1 heterocycles. The highest BCUT2D eigenvalue weighted by Gasteiger charge is 2.34. The lowest BCUT2D eigenvalue weighted by Crippen LogP contribution is -2.54. The summed E-state index contributed by atoms with van der Waals surface area (Å²) < 4.78 is 16.0. The van der Waals surface area contributed by atoms with Crippen molar-refractivity contribution < 1.29 is 28.6 Å². The Morgan fingerprint density at radius 3 is 2.38 bits per heavy atom. The van der Waals surface area contributed by atoms with Gasteiger partial charge in [-0.2, -0.15) is 0 Å². The number of nitrogens with one attached hydrogen (secondary N) is 1. The highest BCUT2D eigenvalue weighted by Crippen LogP contribution is 2.25. The number of rotatable bonds is 8. The fourth-order valence-corrected chi connectivity index (χ4v) is 3.91. The van der Waals surface area contributed by atoms with Crippen LogP contribution in [0.3, 0.4) is 0 Å². The van der Waals surface area contributed by atoms with Gasteiger partial charge in [0.15, 0.2) is 5.11 Å². The molecule has 188 valence electrons. The highest BCUT2D eigenvalue weighted by molar-refractivity contribution is 7.80. The summed E-state index contributed by atoms with van der Waals surface area (Å²) in [6.07, 6.45) is 1.50. The average Bonchev–Trinajstić information content (AvgIpc) is 2.91. The van der Waals surface area contributed by atoms with Crippen molar-refractivity contribution in [1.82, 2.24) is 5.32 Å². The van der Waals surface area contributed by atoms with Gasteiger partial charge in [0.1, 0.15) is 23.7 Å². The number of ether oxygens (including phenoxy) is 3. The van der Waals surface area contributed by atoms with E-state index in [0.29, 0.717) is 34.9 Å². The van der Waals surface area contributed by atoms with Crippen molar-refractivity contribution in [1.29, 1.82) is 0 Å². The van der Waals surface area contributed by atoms with E-state index < -0.39 is 17.8 Å². The van der Waals surface area contributed by atoms with Gasteiger partial charge in [-0.3, -0.25) is 19.8 Å². The summed E-state index contributed by atoms with van der Waals surface area (Å²) in [5.74, 6) is -0.299. The smallest absolute Gasteiger partial charge is 0.337 e. The molecule has 37 heavy (non-hydrogen) atoms. The predicted octanol–water partition coefficient (Wildman–Crippen LogP) is 4.28. The number of carbonyl (C=O) groups is 3. The first-order valence-electron chi connectivity index (χ1n) is 11.4. The molecule has 0 bridgehead atoms. The lowest BCUT2D eigenvalue weighted by molar-refractivity contribution is -0.122. The van der Waals surface area contributed by atoms with Crippen molar-refractivity contribution in [3.05, 3.63) is 95.1 Å². The minimum absolute atomic E-state index is 0.00612. The third-order valence-corrected chi connectivity index (χ3v) is 5.74. The van der Waals surface area contributed by atoms with Crippen LogP contribution in [0.4, 0.5) is 5.69 Å². The number of carbonyl (C=O) groups excluding carboxylic acids is 3. The van der Waals surface area contributed by atoms with E-state index in [1.165, 1.54) is 18.1 Å². The van der Waals surface area contributed by atoms with Crippen LogP contribution in [0.1, 0.15) is 28.4 Å². The van der Waals surface area contributed by atoms with Crippen LogP contribution in [0.5, 0.6) is 11.5 Å². The molecular weight excluding hydrogens is 492 g/mol. The Morgan fingerprint density at radius 2 is 1.70 bits per heavy atom. The van der Waals surface area contributed by atoms with E-state index in [-0.39, 0.29) is 17.3 Å². The maximum atomic E-state index is 13.3. The molecule has 0 aromatic heterocycles. The Morgan fingerprint density at radius 1 is 0.973 bits per heavy atom. The second-order valence-corrected chi connectivity index (χ2v) is 8.32. The van der Waals surface area contributed by atoms with E-state index in [1.54, 1.807) is 72.8 Å². The van der Waals surface area contributed by atoms with E-state index in [2.05, 4.69) is 5.32 Å². The van der Waals surface area contributed by atoms with Crippen molar-refractivity contribution in [3.63, 3.8) is 0 Å². The molecule has 0 radical (unpaired) electrons. The first-order valence-corrected chi connectivity index (χ1v) is 11.8. The maximum Gasteiger partial charge on any atom is 0.337 e. The van der Waals surface area contributed by atoms with Crippen LogP contribution in [0, 0.1) is 0 Å². The van der Waals surface area contributed by atoms with Gasteiger partial charge in [0, 0.05) is 0 Å². The highest BCUT2D eigenvalue weighted by atomic mass is 32.1. The molecule has 1 aliphatic rings. The number of thiocarbonyl (C=S) groups is 1. The Hall–Kier alpha value is -4.50. The van der Waals surface area contributed by atoms with Crippen LogP contribution in [0.2, 0.25) is 0 Å². The monoisotopic (exact) mass is 516 g/mol. The molecule has 1 aliphatic heterocycles. The Bertz CT molecular complexity index is 1370. The van der Waals surface area contributed by atoms with Crippen LogP contribution < -0.4 is 19.7 Å². The van der Waals surface area contributed by atoms with Gasteiger partial charge in [-0.25, -0.2) is 4.79 Å². The summed E-state index contributed by atoms with van der Waals surface area (Å²) in [4.78, 5) is 38.8. The summed E-state index contributed by atoms with van der Waals surface area (Å²) in [7, 11) is 1.33. The molecule has 2 amide bonds. The molecule has 1 fully saturated rings. The van der Waals surface area contributed by atoms with Crippen LogP contribution in [-0.2, 0) is 20.9 Å². The molecular formula is C28H24N2O6S. The third-order valence-electron chi connectivity index (χ3n) is 5.46. The third kappa shape index (κ3) is 6.02. The van der Waals surface area contributed by atoms with Gasteiger partial charge in [0.05, 0.1) is 25.0 Å². The molecule has 1 N–H and O–H groups in total. The average molecular weight is 517 g/mol. The number of esters is 1. The van der Waals surface area contributed by atoms with E-state index in [0.717, 1.165) is 5.56 Å². The number of anilines is 1. The van der Waals surface area contributed by atoms with Gasteiger partial charge in [-0.1, -0.05) is 24.3 Å². The molecule has 8 nitrogen and oxygen atoms in total.